The van der Waals surface area contributed by atoms with E-state index in [1.54, 1.807) is 12.1 Å². The topological polar surface area (TPSA) is 45.9 Å². The predicted molar refractivity (Wildman–Crippen MR) is 103 cm³/mol. The molecule has 4 heteroatoms. The van der Waals surface area contributed by atoms with E-state index in [1.807, 2.05) is 19.1 Å². The minimum atomic E-state index is -0.298. The second-order valence-corrected chi connectivity index (χ2v) is 6.56. The number of rotatable bonds is 3. The summed E-state index contributed by atoms with van der Waals surface area (Å²) in [6, 6.07) is 16.8. The van der Waals surface area contributed by atoms with E-state index in [0.29, 0.717) is 18.1 Å². The molecule has 3 nitrogen and oxygen atoms in total. The largest absolute Gasteiger partial charge is 0.477 e. The molecule has 4 rings (SSSR count). The van der Waals surface area contributed by atoms with Crippen LogP contribution in [0.2, 0.25) is 0 Å². The summed E-state index contributed by atoms with van der Waals surface area (Å²) in [7, 11) is 0. The first-order chi connectivity index (χ1) is 13.2. The Kier molecular flexibility index (Phi) is 4.60. The molecule has 0 aliphatic heterocycles. The monoisotopic (exact) mass is 358 g/mol. The molecule has 0 unspecified atom stereocenters. The molecule has 0 bridgehead atoms. The summed E-state index contributed by atoms with van der Waals surface area (Å²) in [5, 5.41) is 9.86. The van der Waals surface area contributed by atoms with E-state index in [-0.39, 0.29) is 5.82 Å². The fourth-order valence-electron chi connectivity index (χ4n) is 3.77. The second kappa shape index (κ2) is 7.20. The van der Waals surface area contributed by atoms with Gasteiger partial charge in [0.05, 0.1) is 12.3 Å². The number of hydrogen-bond donors (Lipinski definition) is 0. The Balaban J connectivity index is 2.07. The van der Waals surface area contributed by atoms with Crippen molar-refractivity contribution in [3.05, 3.63) is 71.0 Å². The summed E-state index contributed by atoms with van der Waals surface area (Å²) >= 11 is 0. The molecule has 0 amide bonds. The lowest BCUT2D eigenvalue weighted by Crippen LogP contribution is -2.05. The average Bonchev–Trinajstić information content (AvgIpc) is 2.87. The summed E-state index contributed by atoms with van der Waals surface area (Å²) in [6.07, 6.45) is 2.74. The number of nitrogens with zero attached hydrogens (tertiary/aromatic N) is 2. The molecular weight excluding hydrogens is 339 g/mol. The van der Waals surface area contributed by atoms with Crippen LogP contribution in [0.5, 0.6) is 5.88 Å². The van der Waals surface area contributed by atoms with Gasteiger partial charge in [-0.1, -0.05) is 36.4 Å². The van der Waals surface area contributed by atoms with Crippen LogP contribution in [0.15, 0.2) is 48.5 Å². The number of fused-ring (bicyclic) bond motifs is 3. The molecule has 3 aromatic rings. The Labute approximate surface area is 158 Å². The third-order valence-electron chi connectivity index (χ3n) is 4.94. The van der Waals surface area contributed by atoms with E-state index in [4.69, 9.17) is 9.72 Å². The molecule has 0 fully saturated rings. The van der Waals surface area contributed by atoms with Crippen molar-refractivity contribution < 1.29 is 9.13 Å². The van der Waals surface area contributed by atoms with Crippen LogP contribution in [-0.4, -0.2) is 11.6 Å². The zero-order valence-electron chi connectivity index (χ0n) is 15.1. The third-order valence-corrected chi connectivity index (χ3v) is 4.94. The molecule has 134 valence electrons. The summed E-state index contributed by atoms with van der Waals surface area (Å²) in [4.78, 5) is 4.76. The van der Waals surface area contributed by atoms with E-state index in [0.717, 1.165) is 47.2 Å². The molecule has 27 heavy (non-hydrogen) atoms. The first kappa shape index (κ1) is 17.2. The van der Waals surface area contributed by atoms with Crippen LogP contribution >= 0.6 is 0 Å². The smallest absolute Gasteiger partial charge is 0.232 e. The average molecular weight is 358 g/mol. The molecular formula is C23H19FN2O. The molecule has 0 saturated heterocycles. The molecule has 2 aromatic carbocycles. The summed E-state index contributed by atoms with van der Waals surface area (Å²) < 4.78 is 19.2. The predicted octanol–water partition coefficient (Wildman–Crippen LogP) is 5.31. The number of benzene rings is 2. The first-order valence-electron chi connectivity index (χ1n) is 9.17. The van der Waals surface area contributed by atoms with Gasteiger partial charge in [-0.15, -0.1) is 0 Å². The quantitative estimate of drug-likeness (QED) is 0.637. The van der Waals surface area contributed by atoms with Gasteiger partial charge in [-0.25, -0.2) is 9.37 Å². The van der Waals surface area contributed by atoms with Crippen LogP contribution in [0.1, 0.15) is 30.0 Å². The van der Waals surface area contributed by atoms with Crippen LogP contribution < -0.4 is 4.74 Å². The van der Waals surface area contributed by atoms with Crippen molar-refractivity contribution in [1.29, 1.82) is 5.26 Å². The normalized spacial score (nSPS) is 12.5. The lowest BCUT2D eigenvalue weighted by molar-refractivity contribution is 0.326. The Morgan fingerprint density at radius 3 is 2.63 bits per heavy atom. The summed E-state index contributed by atoms with van der Waals surface area (Å²) in [5.41, 5.74) is 6.27. The van der Waals surface area contributed by atoms with E-state index in [2.05, 4.69) is 18.2 Å². The number of aryl methyl sites for hydroxylation is 1. The Hall–Kier alpha value is -3.19. The van der Waals surface area contributed by atoms with E-state index >= 15 is 0 Å². The zero-order valence-corrected chi connectivity index (χ0v) is 15.1. The van der Waals surface area contributed by atoms with Crippen molar-refractivity contribution in [2.45, 2.75) is 26.2 Å². The Bertz CT molecular complexity index is 1040. The van der Waals surface area contributed by atoms with Crippen molar-refractivity contribution in [1.82, 2.24) is 4.98 Å². The van der Waals surface area contributed by atoms with Crippen LogP contribution in [0, 0.1) is 17.1 Å². The number of halogens is 1. The number of aromatic nitrogens is 1. The molecule has 1 aliphatic carbocycles. The lowest BCUT2D eigenvalue weighted by atomic mass is 9.91. The van der Waals surface area contributed by atoms with Crippen molar-refractivity contribution in [2.24, 2.45) is 0 Å². The van der Waals surface area contributed by atoms with Gasteiger partial charge in [0.25, 0.3) is 0 Å². The van der Waals surface area contributed by atoms with Gasteiger partial charge < -0.3 is 4.74 Å². The van der Waals surface area contributed by atoms with Gasteiger partial charge in [-0.2, -0.15) is 5.26 Å². The number of nitriles is 1. The van der Waals surface area contributed by atoms with Crippen molar-refractivity contribution in [2.75, 3.05) is 6.61 Å². The fourth-order valence-corrected chi connectivity index (χ4v) is 3.77. The standard InChI is InChI=1S/C23H19FN2O/c1-2-27-23-20(14-25)21(16-10-12-17(24)13-11-16)19-9-5-7-15-6-3-4-8-18(15)22(19)26-23/h3-4,6,8,10-13H,2,5,7,9H2,1H3. The molecule has 0 radical (unpaired) electrons. The van der Waals surface area contributed by atoms with Crippen LogP contribution in [0.25, 0.3) is 22.4 Å². The maximum atomic E-state index is 13.5. The molecule has 1 aromatic heterocycles. The van der Waals surface area contributed by atoms with E-state index in [1.165, 1.54) is 17.7 Å². The van der Waals surface area contributed by atoms with Gasteiger partial charge in [-0.3, -0.25) is 0 Å². The van der Waals surface area contributed by atoms with E-state index < -0.39 is 0 Å². The first-order valence-corrected chi connectivity index (χ1v) is 9.17. The number of hydrogen-bond acceptors (Lipinski definition) is 3. The molecule has 1 heterocycles. The van der Waals surface area contributed by atoms with Crippen molar-refractivity contribution in [3.8, 4) is 34.3 Å². The highest BCUT2D eigenvalue weighted by Gasteiger charge is 2.25. The van der Waals surface area contributed by atoms with E-state index in [9.17, 15) is 9.65 Å². The molecule has 0 saturated carbocycles. The van der Waals surface area contributed by atoms with Crippen molar-refractivity contribution in [3.63, 3.8) is 0 Å². The highest BCUT2D eigenvalue weighted by atomic mass is 19.1. The fraction of sp³-hybridized carbons (Fsp3) is 0.217. The van der Waals surface area contributed by atoms with Gasteiger partial charge in [0.2, 0.25) is 5.88 Å². The van der Waals surface area contributed by atoms with Gasteiger partial charge in [0, 0.05) is 11.1 Å². The molecule has 1 aliphatic rings. The minimum absolute atomic E-state index is 0.298. The third kappa shape index (κ3) is 3.06. The summed E-state index contributed by atoms with van der Waals surface area (Å²) in [6.45, 7) is 2.30. The summed E-state index contributed by atoms with van der Waals surface area (Å²) in [5.74, 6) is 0.0440. The van der Waals surface area contributed by atoms with Crippen LogP contribution in [-0.2, 0) is 12.8 Å². The van der Waals surface area contributed by atoms with Gasteiger partial charge >= 0.3 is 0 Å². The van der Waals surface area contributed by atoms with Crippen molar-refractivity contribution >= 4 is 0 Å². The molecule has 0 spiro atoms. The molecule has 0 N–H and O–H groups in total. The highest BCUT2D eigenvalue weighted by molar-refractivity contribution is 5.83. The highest BCUT2D eigenvalue weighted by Crippen LogP contribution is 2.41. The van der Waals surface area contributed by atoms with Crippen LogP contribution in [0.3, 0.4) is 0 Å². The molecule has 0 atom stereocenters. The Morgan fingerprint density at radius 1 is 1.11 bits per heavy atom. The SMILES string of the molecule is CCOc1nc2c(c(-c3ccc(F)cc3)c1C#N)CCCc1ccccc1-2. The van der Waals surface area contributed by atoms with Gasteiger partial charge in [0.1, 0.15) is 17.4 Å². The number of ether oxygens (including phenoxy) is 1. The maximum Gasteiger partial charge on any atom is 0.232 e. The maximum absolute atomic E-state index is 13.5. The number of pyridine rings is 1. The van der Waals surface area contributed by atoms with Gasteiger partial charge in [-0.05, 0) is 55.0 Å². The van der Waals surface area contributed by atoms with Crippen LogP contribution in [0.4, 0.5) is 4.39 Å². The minimum Gasteiger partial charge on any atom is -0.477 e. The lowest BCUT2D eigenvalue weighted by Gasteiger charge is -2.18. The Morgan fingerprint density at radius 2 is 1.89 bits per heavy atom. The zero-order chi connectivity index (χ0) is 18.8. The second-order valence-electron chi connectivity index (χ2n) is 6.56. The van der Waals surface area contributed by atoms with Gasteiger partial charge in [0.15, 0.2) is 0 Å².